The summed E-state index contributed by atoms with van der Waals surface area (Å²) < 4.78 is 2.19. The van der Waals surface area contributed by atoms with Crippen molar-refractivity contribution in [1.82, 2.24) is 19.9 Å². The molecule has 0 saturated heterocycles. The monoisotopic (exact) mass is 363 g/mol. The lowest BCUT2D eigenvalue weighted by Crippen LogP contribution is -2.35. The van der Waals surface area contributed by atoms with E-state index in [4.69, 9.17) is 5.73 Å². The first-order valence-corrected chi connectivity index (χ1v) is 9.37. The Bertz CT molecular complexity index is 862. The molecule has 1 aliphatic carbocycles. The number of nitrogens with two attached hydrogens (primary N) is 1. The molecular formula is C21H25N5O. The van der Waals surface area contributed by atoms with Gasteiger partial charge in [0.25, 0.3) is 0 Å². The Kier molecular flexibility index (Phi) is 5.18. The summed E-state index contributed by atoms with van der Waals surface area (Å²) in [6.07, 6.45) is 7.05. The topological polar surface area (TPSA) is 89.0 Å². The van der Waals surface area contributed by atoms with Crippen LogP contribution in [-0.2, 0) is 13.1 Å². The molecule has 1 aliphatic rings. The van der Waals surface area contributed by atoms with Crippen LogP contribution in [-0.4, -0.2) is 31.8 Å². The van der Waals surface area contributed by atoms with Gasteiger partial charge in [-0.05, 0) is 30.4 Å². The van der Waals surface area contributed by atoms with Crippen molar-refractivity contribution in [3.05, 3.63) is 66.6 Å². The maximum Gasteiger partial charge on any atom is 0.139 e. The summed E-state index contributed by atoms with van der Waals surface area (Å²) in [5, 5.41) is 13.9. The molecule has 27 heavy (non-hydrogen) atoms. The number of anilines is 1. The number of pyridine rings is 1. The first-order chi connectivity index (χ1) is 13.2. The first-order valence-electron chi connectivity index (χ1n) is 9.37. The van der Waals surface area contributed by atoms with Crippen LogP contribution < -0.4 is 11.1 Å². The maximum atomic E-state index is 10.5. The van der Waals surface area contributed by atoms with Crippen LogP contribution in [0.2, 0.25) is 0 Å². The number of rotatable bonds is 6. The van der Waals surface area contributed by atoms with Gasteiger partial charge < -0.3 is 20.7 Å². The second-order valence-electron chi connectivity index (χ2n) is 7.25. The van der Waals surface area contributed by atoms with E-state index >= 15 is 0 Å². The van der Waals surface area contributed by atoms with Crippen molar-refractivity contribution in [2.45, 2.75) is 38.1 Å². The SMILES string of the molecule is Nc1ccc(CN[C@@H]2CC(Cn3ccnc3-c3ccccc3)C[C@H]2O)cn1. The van der Waals surface area contributed by atoms with Crippen molar-refractivity contribution in [2.75, 3.05) is 5.73 Å². The van der Waals surface area contributed by atoms with Gasteiger partial charge in [0.15, 0.2) is 0 Å². The molecule has 2 aromatic heterocycles. The Morgan fingerprint density at radius 2 is 1.96 bits per heavy atom. The molecule has 0 amide bonds. The van der Waals surface area contributed by atoms with Gasteiger partial charge in [0, 0.05) is 43.3 Å². The van der Waals surface area contributed by atoms with Crippen LogP contribution in [0.15, 0.2) is 61.1 Å². The van der Waals surface area contributed by atoms with Gasteiger partial charge in [0.05, 0.1) is 6.10 Å². The van der Waals surface area contributed by atoms with E-state index in [1.54, 1.807) is 12.3 Å². The van der Waals surface area contributed by atoms with Crippen LogP contribution in [0.4, 0.5) is 5.82 Å². The molecule has 3 atom stereocenters. The van der Waals surface area contributed by atoms with Crippen LogP contribution in [0.5, 0.6) is 0 Å². The fourth-order valence-corrected chi connectivity index (χ4v) is 3.86. The van der Waals surface area contributed by atoms with Gasteiger partial charge in [0.2, 0.25) is 0 Å². The van der Waals surface area contributed by atoms with Crippen LogP contribution in [0.1, 0.15) is 18.4 Å². The quantitative estimate of drug-likeness (QED) is 0.626. The van der Waals surface area contributed by atoms with Crippen LogP contribution in [0.25, 0.3) is 11.4 Å². The van der Waals surface area contributed by atoms with Gasteiger partial charge in [-0.1, -0.05) is 36.4 Å². The Labute approximate surface area is 159 Å². The third kappa shape index (κ3) is 4.18. The number of nitrogens with one attached hydrogen (secondary N) is 1. The molecule has 2 heterocycles. The lowest BCUT2D eigenvalue weighted by molar-refractivity contribution is 0.145. The molecule has 4 rings (SSSR count). The van der Waals surface area contributed by atoms with E-state index in [0.717, 1.165) is 36.3 Å². The summed E-state index contributed by atoms with van der Waals surface area (Å²) in [7, 11) is 0. The average molecular weight is 363 g/mol. The number of aliphatic hydroxyl groups excluding tert-OH is 1. The summed E-state index contributed by atoms with van der Waals surface area (Å²) in [5.74, 6) is 1.92. The summed E-state index contributed by atoms with van der Waals surface area (Å²) in [6, 6.07) is 14.1. The standard InChI is InChI=1S/C21H25N5O/c22-20-7-6-15(13-25-20)12-24-18-10-16(11-19(18)27)14-26-9-8-23-21(26)17-4-2-1-3-5-17/h1-9,13,16,18-19,24,27H,10-12,14H2,(H2,22,25)/t16?,18-,19-/m1/s1. The summed E-state index contributed by atoms with van der Waals surface area (Å²) in [5.41, 5.74) is 7.81. The molecule has 0 bridgehead atoms. The fourth-order valence-electron chi connectivity index (χ4n) is 3.86. The largest absolute Gasteiger partial charge is 0.391 e. The molecule has 140 valence electrons. The highest BCUT2D eigenvalue weighted by molar-refractivity contribution is 5.55. The molecule has 1 aromatic carbocycles. The lowest BCUT2D eigenvalue weighted by atomic mass is 10.1. The highest BCUT2D eigenvalue weighted by Crippen LogP contribution is 2.29. The first kappa shape index (κ1) is 17.7. The molecule has 0 aliphatic heterocycles. The summed E-state index contributed by atoms with van der Waals surface area (Å²) >= 11 is 0. The summed E-state index contributed by atoms with van der Waals surface area (Å²) in [6.45, 7) is 1.55. The van der Waals surface area contributed by atoms with Crippen LogP contribution in [0, 0.1) is 5.92 Å². The molecule has 6 heteroatoms. The Balaban J connectivity index is 1.36. The van der Waals surface area contributed by atoms with E-state index < -0.39 is 0 Å². The summed E-state index contributed by atoms with van der Waals surface area (Å²) in [4.78, 5) is 8.63. The smallest absolute Gasteiger partial charge is 0.139 e. The van der Waals surface area contributed by atoms with Gasteiger partial charge in [-0.3, -0.25) is 0 Å². The number of aliphatic hydroxyl groups is 1. The van der Waals surface area contributed by atoms with E-state index in [-0.39, 0.29) is 12.1 Å². The van der Waals surface area contributed by atoms with Gasteiger partial charge in [-0.2, -0.15) is 0 Å². The molecule has 0 radical (unpaired) electrons. The van der Waals surface area contributed by atoms with Gasteiger partial charge in [0.1, 0.15) is 11.6 Å². The van der Waals surface area contributed by atoms with Crippen molar-refractivity contribution in [3.63, 3.8) is 0 Å². The van der Waals surface area contributed by atoms with E-state index in [0.29, 0.717) is 18.3 Å². The Hall–Kier alpha value is -2.70. The third-order valence-corrected chi connectivity index (χ3v) is 5.24. The lowest BCUT2D eigenvalue weighted by Gasteiger charge is -2.16. The number of hydrogen-bond acceptors (Lipinski definition) is 5. The van der Waals surface area contributed by atoms with Crippen molar-refractivity contribution >= 4 is 5.82 Å². The molecule has 1 fully saturated rings. The fraction of sp³-hybridized carbons (Fsp3) is 0.333. The zero-order chi connectivity index (χ0) is 18.6. The second-order valence-corrected chi connectivity index (χ2v) is 7.25. The van der Waals surface area contributed by atoms with Crippen LogP contribution >= 0.6 is 0 Å². The number of nitrogen functional groups attached to an aromatic ring is 1. The maximum absolute atomic E-state index is 10.5. The molecule has 0 spiro atoms. The molecular weight excluding hydrogens is 338 g/mol. The van der Waals surface area contributed by atoms with E-state index in [2.05, 4.69) is 32.0 Å². The van der Waals surface area contributed by atoms with Crippen LogP contribution in [0.3, 0.4) is 0 Å². The van der Waals surface area contributed by atoms with Gasteiger partial charge >= 0.3 is 0 Å². The zero-order valence-corrected chi connectivity index (χ0v) is 15.2. The number of hydrogen-bond donors (Lipinski definition) is 3. The predicted octanol–water partition coefficient (Wildman–Crippen LogP) is 2.46. The average Bonchev–Trinajstić information content (AvgIpc) is 3.28. The minimum Gasteiger partial charge on any atom is -0.391 e. The van der Waals surface area contributed by atoms with Crippen molar-refractivity contribution in [3.8, 4) is 11.4 Å². The molecule has 1 unspecified atom stereocenters. The van der Waals surface area contributed by atoms with Crippen molar-refractivity contribution in [2.24, 2.45) is 5.92 Å². The van der Waals surface area contributed by atoms with Crippen molar-refractivity contribution in [1.29, 1.82) is 0 Å². The van der Waals surface area contributed by atoms with E-state index in [9.17, 15) is 5.11 Å². The van der Waals surface area contributed by atoms with Gasteiger partial charge in [-0.15, -0.1) is 0 Å². The highest BCUT2D eigenvalue weighted by atomic mass is 16.3. The van der Waals surface area contributed by atoms with Gasteiger partial charge in [-0.25, -0.2) is 9.97 Å². The van der Waals surface area contributed by atoms with E-state index in [1.807, 2.05) is 36.7 Å². The Morgan fingerprint density at radius 1 is 1.11 bits per heavy atom. The van der Waals surface area contributed by atoms with Crippen molar-refractivity contribution < 1.29 is 5.11 Å². The minimum atomic E-state index is -0.333. The number of aromatic nitrogens is 3. The highest BCUT2D eigenvalue weighted by Gasteiger charge is 2.33. The minimum absolute atomic E-state index is 0.0937. The number of benzene rings is 1. The predicted molar refractivity (Wildman–Crippen MR) is 106 cm³/mol. The molecule has 3 aromatic rings. The number of imidazole rings is 1. The third-order valence-electron chi connectivity index (χ3n) is 5.24. The number of nitrogens with zero attached hydrogens (tertiary/aromatic N) is 3. The zero-order valence-electron chi connectivity index (χ0n) is 15.2. The molecule has 1 saturated carbocycles. The Morgan fingerprint density at radius 3 is 2.74 bits per heavy atom. The second kappa shape index (κ2) is 7.90. The normalized spacial score (nSPS) is 22.2. The van der Waals surface area contributed by atoms with E-state index in [1.165, 1.54) is 0 Å². The molecule has 4 N–H and O–H groups in total. The molecule has 6 nitrogen and oxygen atoms in total.